The Morgan fingerprint density at radius 3 is 2.58 bits per heavy atom. The van der Waals surface area contributed by atoms with Crippen molar-refractivity contribution < 1.29 is 14.3 Å². The molecule has 8 heteroatoms. The maximum absolute atomic E-state index is 13.1. The Bertz CT molecular complexity index is 1210. The molecule has 0 unspecified atom stereocenters. The third-order valence-electron chi connectivity index (χ3n) is 5.35. The van der Waals surface area contributed by atoms with Crippen molar-refractivity contribution in [1.82, 2.24) is 14.5 Å². The number of amides is 2. The second-order valence-electron chi connectivity index (χ2n) is 7.39. The molecule has 4 rings (SSSR count). The molecule has 0 atom stereocenters. The molecule has 0 aliphatic carbocycles. The van der Waals surface area contributed by atoms with Gasteiger partial charge in [-0.1, -0.05) is 12.1 Å². The lowest BCUT2D eigenvalue weighted by Gasteiger charge is -2.27. The van der Waals surface area contributed by atoms with Crippen LogP contribution in [-0.2, 0) is 11.3 Å². The molecule has 1 N–H and O–H groups in total. The van der Waals surface area contributed by atoms with Gasteiger partial charge in [0.15, 0.2) is 0 Å². The Morgan fingerprint density at radius 1 is 1.10 bits per heavy atom. The van der Waals surface area contributed by atoms with Gasteiger partial charge in [-0.15, -0.1) is 0 Å². The number of hydrogen-bond acceptors (Lipinski definition) is 5. The average Bonchev–Trinajstić information content (AvgIpc) is 2.79. The van der Waals surface area contributed by atoms with Crippen molar-refractivity contribution >= 4 is 28.5 Å². The number of morpholine rings is 1. The monoisotopic (exact) mass is 420 g/mol. The number of hydrogen-bond donors (Lipinski definition) is 1. The molecular formula is C23H24N4O4. The molecule has 1 saturated heterocycles. The van der Waals surface area contributed by atoms with Gasteiger partial charge in [0, 0.05) is 31.5 Å². The van der Waals surface area contributed by atoms with Gasteiger partial charge in [-0.2, -0.15) is 0 Å². The SMILES string of the molecule is CCn1cc(C(=O)Nc2ccccc2C(=O)N2CCOCC2)c(=O)c2ccc(C)nc21. The lowest BCUT2D eigenvalue weighted by atomic mass is 10.1. The minimum atomic E-state index is -0.558. The quantitative estimate of drug-likeness (QED) is 0.700. The van der Waals surface area contributed by atoms with Crippen LogP contribution in [0.3, 0.4) is 0 Å². The third-order valence-corrected chi connectivity index (χ3v) is 5.35. The Balaban J connectivity index is 1.69. The zero-order chi connectivity index (χ0) is 22.0. The molecule has 0 saturated carbocycles. The minimum Gasteiger partial charge on any atom is -0.378 e. The van der Waals surface area contributed by atoms with Crippen LogP contribution in [0.5, 0.6) is 0 Å². The van der Waals surface area contributed by atoms with E-state index < -0.39 is 5.91 Å². The van der Waals surface area contributed by atoms with Crippen LogP contribution in [0.4, 0.5) is 5.69 Å². The molecule has 1 aliphatic heterocycles. The number of carbonyl (C=O) groups excluding carboxylic acids is 2. The Labute approximate surface area is 179 Å². The largest absolute Gasteiger partial charge is 0.378 e. The summed E-state index contributed by atoms with van der Waals surface area (Å²) in [6, 6.07) is 10.3. The van der Waals surface area contributed by atoms with Crippen molar-refractivity contribution in [3.05, 3.63) is 69.6 Å². The van der Waals surface area contributed by atoms with E-state index in [1.165, 1.54) is 6.20 Å². The van der Waals surface area contributed by atoms with Gasteiger partial charge in [0.1, 0.15) is 11.2 Å². The van der Waals surface area contributed by atoms with Gasteiger partial charge in [-0.3, -0.25) is 14.4 Å². The first kappa shape index (κ1) is 20.7. The Morgan fingerprint density at radius 2 is 1.84 bits per heavy atom. The van der Waals surface area contributed by atoms with Crippen molar-refractivity contribution in [1.29, 1.82) is 0 Å². The van der Waals surface area contributed by atoms with E-state index >= 15 is 0 Å². The van der Waals surface area contributed by atoms with E-state index in [4.69, 9.17) is 4.74 Å². The molecule has 1 aromatic carbocycles. The molecule has 0 radical (unpaired) electrons. The molecule has 2 amide bonds. The first-order chi connectivity index (χ1) is 15.0. The molecule has 3 heterocycles. The summed E-state index contributed by atoms with van der Waals surface area (Å²) in [5, 5.41) is 3.15. The van der Waals surface area contributed by atoms with E-state index in [0.29, 0.717) is 55.1 Å². The zero-order valence-electron chi connectivity index (χ0n) is 17.6. The van der Waals surface area contributed by atoms with Gasteiger partial charge in [0.05, 0.1) is 29.9 Å². The maximum Gasteiger partial charge on any atom is 0.261 e. The highest BCUT2D eigenvalue weighted by Gasteiger charge is 2.23. The van der Waals surface area contributed by atoms with Gasteiger partial charge in [-0.05, 0) is 38.1 Å². The fraction of sp³-hybridized carbons (Fsp3) is 0.304. The van der Waals surface area contributed by atoms with E-state index in [1.807, 2.05) is 13.8 Å². The number of para-hydroxylation sites is 1. The number of benzene rings is 1. The summed E-state index contributed by atoms with van der Waals surface area (Å²) in [7, 11) is 0. The summed E-state index contributed by atoms with van der Waals surface area (Å²) in [5.41, 5.74) is 1.71. The third kappa shape index (κ3) is 4.06. The van der Waals surface area contributed by atoms with Crippen LogP contribution in [0.2, 0.25) is 0 Å². The van der Waals surface area contributed by atoms with Crippen LogP contribution < -0.4 is 10.7 Å². The van der Waals surface area contributed by atoms with E-state index in [1.54, 1.807) is 45.9 Å². The molecule has 8 nitrogen and oxygen atoms in total. The van der Waals surface area contributed by atoms with E-state index in [9.17, 15) is 14.4 Å². The van der Waals surface area contributed by atoms with Crippen LogP contribution >= 0.6 is 0 Å². The van der Waals surface area contributed by atoms with Crippen molar-refractivity contribution in [2.45, 2.75) is 20.4 Å². The summed E-state index contributed by atoms with van der Waals surface area (Å²) in [4.78, 5) is 45.2. The molecule has 160 valence electrons. The zero-order valence-corrected chi connectivity index (χ0v) is 17.6. The highest BCUT2D eigenvalue weighted by molar-refractivity contribution is 6.09. The van der Waals surface area contributed by atoms with Gasteiger partial charge in [-0.25, -0.2) is 4.98 Å². The van der Waals surface area contributed by atoms with E-state index in [-0.39, 0.29) is 16.9 Å². The summed E-state index contributed by atoms with van der Waals surface area (Å²) in [5.74, 6) is -0.736. The van der Waals surface area contributed by atoms with Gasteiger partial charge < -0.3 is 19.5 Å². The minimum absolute atomic E-state index is 0.00799. The topological polar surface area (TPSA) is 93.5 Å². The number of nitrogens with zero attached hydrogens (tertiary/aromatic N) is 3. The highest BCUT2D eigenvalue weighted by atomic mass is 16.5. The molecule has 1 aliphatic rings. The lowest BCUT2D eigenvalue weighted by Crippen LogP contribution is -2.41. The van der Waals surface area contributed by atoms with E-state index in [2.05, 4.69) is 10.3 Å². The number of carbonyl (C=O) groups is 2. The lowest BCUT2D eigenvalue weighted by molar-refractivity contribution is 0.0303. The van der Waals surface area contributed by atoms with Crippen LogP contribution in [0.25, 0.3) is 11.0 Å². The predicted molar refractivity (Wildman–Crippen MR) is 118 cm³/mol. The maximum atomic E-state index is 13.1. The first-order valence-corrected chi connectivity index (χ1v) is 10.3. The van der Waals surface area contributed by atoms with Crippen molar-refractivity contribution in [3.63, 3.8) is 0 Å². The standard InChI is InChI=1S/C23H24N4O4/c1-3-26-14-18(20(28)17-9-8-15(2)24-21(17)26)22(29)25-19-7-5-4-6-16(19)23(30)27-10-12-31-13-11-27/h4-9,14H,3,10-13H2,1-2H3,(H,25,29). The normalized spacial score (nSPS) is 13.9. The van der Waals surface area contributed by atoms with E-state index in [0.717, 1.165) is 5.69 Å². The van der Waals surface area contributed by atoms with Crippen LogP contribution in [0.1, 0.15) is 33.3 Å². The Kier molecular flexibility index (Phi) is 5.81. The average molecular weight is 420 g/mol. The van der Waals surface area contributed by atoms with Crippen LogP contribution in [0, 0.1) is 6.92 Å². The fourth-order valence-electron chi connectivity index (χ4n) is 3.67. The number of anilines is 1. The summed E-state index contributed by atoms with van der Waals surface area (Å²) in [6.07, 6.45) is 1.53. The molecule has 3 aromatic rings. The number of nitrogens with one attached hydrogen (secondary N) is 1. The summed E-state index contributed by atoms with van der Waals surface area (Å²) >= 11 is 0. The van der Waals surface area contributed by atoms with Crippen molar-refractivity contribution in [2.75, 3.05) is 31.6 Å². The number of pyridine rings is 2. The van der Waals surface area contributed by atoms with Crippen LogP contribution in [-0.4, -0.2) is 52.6 Å². The van der Waals surface area contributed by atoms with Crippen LogP contribution in [0.15, 0.2) is 47.4 Å². The number of aromatic nitrogens is 2. The molecule has 31 heavy (non-hydrogen) atoms. The molecule has 2 aromatic heterocycles. The summed E-state index contributed by atoms with van der Waals surface area (Å²) in [6.45, 7) is 6.31. The number of ether oxygens (including phenoxy) is 1. The number of fused-ring (bicyclic) bond motifs is 1. The first-order valence-electron chi connectivity index (χ1n) is 10.3. The number of aryl methyl sites for hydroxylation is 2. The van der Waals surface area contributed by atoms with Crippen molar-refractivity contribution in [2.24, 2.45) is 0 Å². The molecule has 1 fully saturated rings. The molecule has 0 bridgehead atoms. The second kappa shape index (κ2) is 8.69. The predicted octanol–water partition coefficient (Wildman–Crippen LogP) is 2.45. The van der Waals surface area contributed by atoms with Gasteiger partial charge >= 0.3 is 0 Å². The number of rotatable bonds is 4. The molecule has 0 spiro atoms. The van der Waals surface area contributed by atoms with Crippen molar-refractivity contribution in [3.8, 4) is 0 Å². The second-order valence-corrected chi connectivity index (χ2v) is 7.39. The highest BCUT2D eigenvalue weighted by Crippen LogP contribution is 2.19. The smallest absolute Gasteiger partial charge is 0.261 e. The summed E-state index contributed by atoms with van der Waals surface area (Å²) < 4.78 is 7.09. The van der Waals surface area contributed by atoms with Gasteiger partial charge in [0.2, 0.25) is 5.43 Å². The molecular weight excluding hydrogens is 396 g/mol. The fourth-order valence-corrected chi connectivity index (χ4v) is 3.67. The van der Waals surface area contributed by atoms with Gasteiger partial charge in [0.25, 0.3) is 11.8 Å². The Hall–Kier alpha value is -3.52.